The van der Waals surface area contributed by atoms with Gasteiger partial charge in [0.25, 0.3) is 0 Å². The number of hydrogen-bond donors (Lipinski definition) is 3. The monoisotopic (exact) mass is 346 g/mol. The number of phenols is 1. The molecular weight excluding hydrogens is 331 g/mol. The van der Waals surface area contributed by atoms with E-state index in [-0.39, 0.29) is 11.3 Å². The smallest absolute Gasteiger partial charge is 0.343 e. The zero-order valence-electron chi connectivity index (χ0n) is 12.0. The van der Waals surface area contributed by atoms with Gasteiger partial charge in [-0.3, -0.25) is 4.79 Å². The van der Waals surface area contributed by atoms with Gasteiger partial charge in [-0.1, -0.05) is 12.1 Å². The van der Waals surface area contributed by atoms with Crippen molar-refractivity contribution in [3.63, 3.8) is 0 Å². The highest BCUT2D eigenvalue weighted by molar-refractivity contribution is 6.45. The van der Waals surface area contributed by atoms with Crippen LogP contribution in [0.5, 0.6) is 5.75 Å². The van der Waals surface area contributed by atoms with Crippen molar-refractivity contribution in [2.75, 3.05) is 0 Å². The first-order chi connectivity index (χ1) is 10.2. The van der Waals surface area contributed by atoms with Crippen molar-refractivity contribution in [1.29, 1.82) is 0 Å². The summed E-state index contributed by atoms with van der Waals surface area (Å²) in [6, 6.07) is 2.88. The van der Waals surface area contributed by atoms with E-state index in [0.717, 1.165) is 0 Å². The molecule has 8 heteroatoms. The highest BCUT2D eigenvalue weighted by Gasteiger charge is 2.51. The Morgan fingerprint density at radius 2 is 2.14 bits per heavy atom. The van der Waals surface area contributed by atoms with Gasteiger partial charge >= 0.3 is 5.97 Å². The summed E-state index contributed by atoms with van der Waals surface area (Å²) in [6.07, 6.45) is 0. The van der Waals surface area contributed by atoms with Crippen molar-refractivity contribution in [1.82, 2.24) is 5.32 Å². The first-order valence-electron chi connectivity index (χ1n) is 6.57. The zero-order chi connectivity index (χ0) is 16.7. The Bertz CT molecular complexity index is 621. The fourth-order valence-electron chi connectivity index (χ4n) is 2.30. The molecule has 0 aliphatic carbocycles. The van der Waals surface area contributed by atoms with Crippen LogP contribution >= 0.6 is 23.2 Å². The number of ether oxygens (including phenoxy) is 1. The summed E-state index contributed by atoms with van der Waals surface area (Å²) < 4.78 is 5.32. The standard InChI is InChI=1S/C14H16Cl2N2O4/c1-6(17)11(20)18-10-7-4-3-5-8(19)9(7)12(21)22-14(10,2)13(15)16/h3-6,10,13,19H,17H2,1-2H3,(H,18,20)/t6-,10+,14-/m0/s1. The van der Waals surface area contributed by atoms with E-state index in [0.29, 0.717) is 5.56 Å². The molecule has 6 nitrogen and oxygen atoms in total. The second-order valence-corrected chi connectivity index (χ2v) is 6.44. The molecule has 3 atom stereocenters. The molecule has 1 amide bonds. The number of cyclic esters (lactones) is 1. The van der Waals surface area contributed by atoms with Crippen LogP contribution in [-0.2, 0) is 9.53 Å². The summed E-state index contributed by atoms with van der Waals surface area (Å²) in [6.45, 7) is 3.03. The van der Waals surface area contributed by atoms with Crippen LogP contribution in [0.25, 0.3) is 0 Å². The third-order valence-corrected chi connectivity index (χ3v) is 4.48. The van der Waals surface area contributed by atoms with Crippen molar-refractivity contribution in [2.24, 2.45) is 5.73 Å². The van der Waals surface area contributed by atoms with Crippen molar-refractivity contribution < 1.29 is 19.4 Å². The number of carbonyl (C=O) groups excluding carboxylic acids is 2. The van der Waals surface area contributed by atoms with Gasteiger partial charge in [0, 0.05) is 0 Å². The fraction of sp³-hybridized carbons (Fsp3) is 0.429. The van der Waals surface area contributed by atoms with Crippen LogP contribution in [0.15, 0.2) is 18.2 Å². The van der Waals surface area contributed by atoms with E-state index in [9.17, 15) is 14.7 Å². The molecule has 0 unspecified atom stereocenters. The van der Waals surface area contributed by atoms with Gasteiger partial charge in [-0.15, -0.1) is 23.2 Å². The number of aromatic hydroxyl groups is 1. The largest absolute Gasteiger partial charge is 0.507 e. The highest BCUT2D eigenvalue weighted by atomic mass is 35.5. The maximum Gasteiger partial charge on any atom is 0.343 e. The Hall–Kier alpha value is -1.50. The quantitative estimate of drug-likeness (QED) is 0.570. The molecule has 1 aromatic rings. The van der Waals surface area contributed by atoms with E-state index < -0.39 is 34.4 Å². The third kappa shape index (κ3) is 2.74. The molecule has 120 valence electrons. The summed E-state index contributed by atoms with van der Waals surface area (Å²) in [5, 5.41) is 12.6. The number of carbonyl (C=O) groups is 2. The Balaban J connectivity index is 2.57. The highest BCUT2D eigenvalue weighted by Crippen LogP contribution is 2.44. The molecule has 1 aliphatic heterocycles. The van der Waals surface area contributed by atoms with Crippen LogP contribution in [0.4, 0.5) is 0 Å². The minimum atomic E-state index is -1.40. The van der Waals surface area contributed by atoms with Gasteiger partial charge in [0.15, 0.2) is 5.60 Å². The molecule has 0 aromatic heterocycles. The van der Waals surface area contributed by atoms with E-state index in [2.05, 4.69) is 5.32 Å². The molecule has 0 saturated heterocycles. The predicted molar refractivity (Wildman–Crippen MR) is 82.0 cm³/mol. The van der Waals surface area contributed by atoms with E-state index >= 15 is 0 Å². The maximum absolute atomic E-state index is 12.2. The van der Waals surface area contributed by atoms with Crippen LogP contribution in [0.1, 0.15) is 35.8 Å². The van der Waals surface area contributed by atoms with Crippen molar-refractivity contribution in [3.8, 4) is 5.75 Å². The molecule has 2 rings (SSSR count). The lowest BCUT2D eigenvalue weighted by Gasteiger charge is -2.42. The van der Waals surface area contributed by atoms with Gasteiger partial charge in [-0.2, -0.15) is 0 Å². The molecule has 0 spiro atoms. The Labute approximate surface area is 137 Å². The second kappa shape index (κ2) is 5.95. The Kier molecular flexibility index (Phi) is 4.56. The number of phenolic OH excluding ortho intramolecular Hbond substituents is 1. The molecule has 0 bridgehead atoms. The van der Waals surface area contributed by atoms with Gasteiger partial charge in [0.2, 0.25) is 5.91 Å². The van der Waals surface area contributed by atoms with E-state index in [4.69, 9.17) is 33.7 Å². The number of esters is 1. The molecule has 4 N–H and O–H groups in total. The van der Waals surface area contributed by atoms with E-state index in [1.807, 2.05) is 0 Å². The molecule has 1 heterocycles. The number of rotatable bonds is 3. The molecule has 22 heavy (non-hydrogen) atoms. The Morgan fingerprint density at radius 3 is 2.68 bits per heavy atom. The number of nitrogens with two attached hydrogens (primary N) is 1. The normalized spacial score (nSPS) is 25.4. The number of fused-ring (bicyclic) bond motifs is 1. The van der Waals surface area contributed by atoms with Crippen LogP contribution in [0.3, 0.4) is 0 Å². The number of hydrogen-bond acceptors (Lipinski definition) is 5. The number of halogens is 2. The summed E-state index contributed by atoms with van der Waals surface area (Å²) in [5.41, 5.74) is 4.51. The second-order valence-electron chi connectivity index (χ2n) is 5.35. The molecule has 0 fully saturated rings. The van der Waals surface area contributed by atoms with Crippen molar-refractivity contribution in [2.45, 2.75) is 36.4 Å². The minimum Gasteiger partial charge on any atom is -0.507 e. The van der Waals surface area contributed by atoms with Crippen LogP contribution in [0.2, 0.25) is 0 Å². The minimum absolute atomic E-state index is 0.0241. The summed E-state index contributed by atoms with van der Waals surface area (Å²) in [5.74, 6) is -1.46. The van der Waals surface area contributed by atoms with Crippen LogP contribution < -0.4 is 11.1 Å². The van der Waals surface area contributed by atoms with Gasteiger partial charge in [-0.05, 0) is 25.5 Å². The van der Waals surface area contributed by atoms with Crippen LogP contribution in [-0.4, -0.2) is 33.5 Å². The molecule has 1 aliphatic rings. The fourth-order valence-corrected chi connectivity index (χ4v) is 2.65. The van der Waals surface area contributed by atoms with Crippen molar-refractivity contribution >= 4 is 35.1 Å². The van der Waals surface area contributed by atoms with Gasteiger partial charge in [-0.25, -0.2) is 4.79 Å². The van der Waals surface area contributed by atoms with Gasteiger partial charge < -0.3 is 20.9 Å². The number of benzene rings is 1. The Morgan fingerprint density at radius 1 is 1.50 bits per heavy atom. The molecule has 0 saturated carbocycles. The number of nitrogens with one attached hydrogen (secondary N) is 1. The first kappa shape index (κ1) is 16.9. The van der Waals surface area contributed by atoms with Gasteiger partial charge in [0.05, 0.1) is 12.1 Å². The lowest BCUT2D eigenvalue weighted by molar-refractivity contribution is -0.125. The average Bonchev–Trinajstić information content (AvgIpc) is 2.42. The average molecular weight is 347 g/mol. The lowest BCUT2D eigenvalue weighted by atomic mass is 9.85. The zero-order valence-corrected chi connectivity index (χ0v) is 13.5. The predicted octanol–water partition coefficient (Wildman–Crippen LogP) is 1.63. The maximum atomic E-state index is 12.2. The number of amides is 1. The number of alkyl halides is 2. The van der Waals surface area contributed by atoms with E-state index in [1.165, 1.54) is 19.9 Å². The lowest BCUT2D eigenvalue weighted by Crippen LogP contribution is -2.56. The van der Waals surface area contributed by atoms with E-state index in [1.54, 1.807) is 12.1 Å². The third-order valence-electron chi connectivity index (χ3n) is 3.61. The SMILES string of the molecule is C[C@H](N)C(=O)N[C@@H]1c2cccc(O)c2C(=O)O[C@]1(C)C(Cl)Cl. The topological polar surface area (TPSA) is 102 Å². The van der Waals surface area contributed by atoms with Crippen molar-refractivity contribution in [3.05, 3.63) is 29.3 Å². The summed E-state index contributed by atoms with van der Waals surface area (Å²) in [7, 11) is 0. The summed E-state index contributed by atoms with van der Waals surface area (Å²) >= 11 is 11.9. The molecule has 0 radical (unpaired) electrons. The first-order valence-corrected chi connectivity index (χ1v) is 7.45. The summed E-state index contributed by atoms with van der Waals surface area (Å²) in [4.78, 5) is 23.0. The van der Waals surface area contributed by atoms with Crippen LogP contribution in [0, 0.1) is 0 Å². The van der Waals surface area contributed by atoms with Gasteiger partial charge in [0.1, 0.15) is 16.1 Å². The molecular formula is C14H16Cl2N2O4. The molecule has 1 aromatic carbocycles.